The van der Waals surface area contributed by atoms with Gasteiger partial charge in [-0.1, -0.05) is 6.07 Å². The molecule has 1 aromatic carbocycles. The third-order valence-corrected chi connectivity index (χ3v) is 3.64. The Morgan fingerprint density at radius 3 is 2.78 bits per heavy atom. The summed E-state index contributed by atoms with van der Waals surface area (Å²) in [4.78, 5) is 14.8. The fraction of sp³-hybridized carbons (Fsp3) is 0.357. The average molecular weight is 246 g/mol. The summed E-state index contributed by atoms with van der Waals surface area (Å²) < 4.78 is 13.7. The Kier molecular flexibility index (Phi) is 2.88. The standard InChI is InChI=1S/C14H15FN2O/c15-12-2-1-3-13-11(12)8-10(14(18)17-13)9-4-6-16-7-5-9/h1-3,8-9,16H,4-7H2,(H,17,18). The van der Waals surface area contributed by atoms with Crippen molar-refractivity contribution in [3.8, 4) is 0 Å². The first-order valence-corrected chi connectivity index (χ1v) is 6.28. The summed E-state index contributed by atoms with van der Waals surface area (Å²) in [6, 6.07) is 6.48. The third-order valence-electron chi connectivity index (χ3n) is 3.64. The summed E-state index contributed by atoms with van der Waals surface area (Å²) in [7, 11) is 0. The van der Waals surface area contributed by atoms with Gasteiger partial charge in [0.25, 0.3) is 5.56 Å². The van der Waals surface area contributed by atoms with Crippen LogP contribution < -0.4 is 10.9 Å². The first-order valence-electron chi connectivity index (χ1n) is 6.28. The molecule has 0 unspecified atom stereocenters. The smallest absolute Gasteiger partial charge is 0.251 e. The van der Waals surface area contributed by atoms with Crippen molar-refractivity contribution in [1.29, 1.82) is 0 Å². The van der Waals surface area contributed by atoms with Gasteiger partial charge in [-0.25, -0.2) is 4.39 Å². The zero-order chi connectivity index (χ0) is 12.5. The molecule has 1 fully saturated rings. The number of H-pyrrole nitrogens is 1. The summed E-state index contributed by atoms with van der Waals surface area (Å²) in [5.41, 5.74) is 1.20. The van der Waals surface area contributed by atoms with Gasteiger partial charge in [0.05, 0.1) is 5.52 Å². The molecule has 0 saturated carbocycles. The van der Waals surface area contributed by atoms with Crippen LogP contribution >= 0.6 is 0 Å². The molecule has 2 heterocycles. The number of halogens is 1. The summed E-state index contributed by atoms with van der Waals surface area (Å²) in [6.07, 6.45) is 1.87. The maximum atomic E-state index is 13.7. The molecule has 1 aromatic heterocycles. The maximum Gasteiger partial charge on any atom is 0.251 e. The van der Waals surface area contributed by atoms with Crippen molar-refractivity contribution in [2.45, 2.75) is 18.8 Å². The minimum atomic E-state index is -0.279. The van der Waals surface area contributed by atoms with E-state index in [0.29, 0.717) is 16.5 Å². The lowest BCUT2D eigenvalue weighted by atomic mass is 9.90. The topological polar surface area (TPSA) is 44.9 Å². The summed E-state index contributed by atoms with van der Waals surface area (Å²) in [6.45, 7) is 1.83. The van der Waals surface area contributed by atoms with Crippen molar-refractivity contribution in [1.82, 2.24) is 10.3 Å². The second-order valence-electron chi connectivity index (χ2n) is 4.78. The lowest BCUT2D eigenvalue weighted by molar-refractivity contribution is 0.458. The molecule has 18 heavy (non-hydrogen) atoms. The highest BCUT2D eigenvalue weighted by atomic mass is 19.1. The van der Waals surface area contributed by atoms with Crippen LogP contribution in [-0.2, 0) is 0 Å². The third kappa shape index (κ3) is 1.93. The van der Waals surface area contributed by atoms with Crippen molar-refractivity contribution in [2.24, 2.45) is 0 Å². The molecule has 4 heteroatoms. The number of rotatable bonds is 1. The predicted octanol–water partition coefficient (Wildman–Crippen LogP) is 2.13. The highest BCUT2D eigenvalue weighted by molar-refractivity contribution is 5.79. The van der Waals surface area contributed by atoms with E-state index in [1.54, 1.807) is 18.2 Å². The zero-order valence-electron chi connectivity index (χ0n) is 10.0. The van der Waals surface area contributed by atoms with E-state index in [2.05, 4.69) is 10.3 Å². The Balaban J connectivity index is 2.14. The number of nitrogens with one attached hydrogen (secondary N) is 2. The average Bonchev–Trinajstić information content (AvgIpc) is 2.39. The largest absolute Gasteiger partial charge is 0.322 e. The van der Waals surface area contributed by atoms with Crippen LogP contribution in [0.1, 0.15) is 24.3 Å². The van der Waals surface area contributed by atoms with Crippen LogP contribution in [0.5, 0.6) is 0 Å². The quantitative estimate of drug-likeness (QED) is 0.809. The molecule has 1 aliphatic heterocycles. The molecule has 0 aliphatic carbocycles. The van der Waals surface area contributed by atoms with Gasteiger partial charge in [-0.15, -0.1) is 0 Å². The van der Waals surface area contributed by atoms with Gasteiger partial charge in [0.2, 0.25) is 0 Å². The number of pyridine rings is 1. The van der Waals surface area contributed by atoms with Gasteiger partial charge < -0.3 is 10.3 Å². The summed E-state index contributed by atoms with van der Waals surface area (Å²) in [5, 5.41) is 3.77. The molecule has 94 valence electrons. The molecule has 0 atom stereocenters. The molecule has 3 rings (SSSR count). The fourth-order valence-corrected chi connectivity index (χ4v) is 2.64. The monoisotopic (exact) mass is 246 g/mol. The van der Waals surface area contributed by atoms with Crippen LogP contribution in [-0.4, -0.2) is 18.1 Å². The Hall–Kier alpha value is -1.68. The predicted molar refractivity (Wildman–Crippen MR) is 69.4 cm³/mol. The van der Waals surface area contributed by atoms with E-state index in [4.69, 9.17) is 0 Å². The van der Waals surface area contributed by atoms with Crippen LogP contribution in [0.3, 0.4) is 0 Å². The lowest BCUT2D eigenvalue weighted by Gasteiger charge is -2.22. The van der Waals surface area contributed by atoms with Gasteiger partial charge in [-0.05, 0) is 50.0 Å². The van der Waals surface area contributed by atoms with Crippen molar-refractivity contribution < 1.29 is 4.39 Å². The van der Waals surface area contributed by atoms with Crippen LogP contribution in [0.2, 0.25) is 0 Å². The van der Waals surface area contributed by atoms with Crippen molar-refractivity contribution in [3.05, 3.63) is 46.0 Å². The number of benzene rings is 1. The molecule has 1 aliphatic rings. The Morgan fingerprint density at radius 1 is 1.22 bits per heavy atom. The van der Waals surface area contributed by atoms with Gasteiger partial charge in [-0.3, -0.25) is 4.79 Å². The van der Waals surface area contributed by atoms with E-state index in [0.717, 1.165) is 25.9 Å². The number of hydrogen-bond donors (Lipinski definition) is 2. The number of piperidine rings is 1. The fourth-order valence-electron chi connectivity index (χ4n) is 2.64. The van der Waals surface area contributed by atoms with Crippen LogP contribution in [0.25, 0.3) is 10.9 Å². The maximum absolute atomic E-state index is 13.7. The van der Waals surface area contributed by atoms with E-state index >= 15 is 0 Å². The molecule has 0 spiro atoms. The van der Waals surface area contributed by atoms with Crippen LogP contribution in [0.4, 0.5) is 4.39 Å². The van der Waals surface area contributed by atoms with E-state index in [1.807, 2.05) is 0 Å². The summed E-state index contributed by atoms with van der Waals surface area (Å²) >= 11 is 0. The van der Waals surface area contributed by atoms with E-state index in [-0.39, 0.29) is 17.3 Å². The molecule has 2 N–H and O–H groups in total. The molecular weight excluding hydrogens is 231 g/mol. The van der Waals surface area contributed by atoms with Gasteiger partial charge in [0, 0.05) is 10.9 Å². The van der Waals surface area contributed by atoms with Crippen LogP contribution in [0, 0.1) is 5.82 Å². The first-order chi connectivity index (χ1) is 8.75. The highest BCUT2D eigenvalue weighted by Gasteiger charge is 2.19. The van der Waals surface area contributed by atoms with E-state index in [1.165, 1.54) is 6.07 Å². The summed E-state index contributed by atoms with van der Waals surface area (Å²) in [5.74, 6) is -0.0436. The second-order valence-corrected chi connectivity index (χ2v) is 4.78. The normalized spacial score (nSPS) is 17.2. The molecule has 0 amide bonds. The highest BCUT2D eigenvalue weighted by Crippen LogP contribution is 2.25. The number of aromatic nitrogens is 1. The van der Waals surface area contributed by atoms with E-state index < -0.39 is 0 Å². The van der Waals surface area contributed by atoms with Gasteiger partial charge >= 0.3 is 0 Å². The molecular formula is C14H15FN2O. The molecule has 1 saturated heterocycles. The minimum Gasteiger partial charge on any atom is -0.322 e. The van der Waals surface area contributed by atoms with Crippen molar-refractivity contribution in [2.75, 3.05) is 13.1 Å². The molecule has 0 bridgehead atoms. The number of fused-ring (bicyclic) bond motifs is 1. The van der Waals surface area contributed by atoms with Crippen molar-refractivity contribution >= 4 is 10.9 Å². The number of hydrogen-bond acceptors (Lipinski definition) is 2. The minimum absolute atomic E-state index is 0.0833. The zero-order valence-corrected chi connectivity index (χ0v) is 10.0. The Morgan fingerprint density at radius 2 is 2.00 bits per heavy atom. The molecule has 3 nitrogen and oxygen atoms in total. The Bertz CT molecular complexity index is 629. The van der Waals surface area contributed by atoms with Gasteiger partial charge in [-0.2, -0.15) is 0 Å². The second kappa shape index (κ2) is 4.53. The van der Waals surface area contributed by atoms with E-state index in [9.17, 15) is 9.18 Å². The SMILES string of the molecule is O=c1[nH]c2cccc(F)c2cc1C1CCNCC1. The number of aromatic amines is 1. The van der Waals surface area contributed by atoms with Crippen molar-refractivity contribution in [3.63, 3.8) is 0 Å². The van der Waals surface area contributed by atoms with Gasteiger partial charge in [0.15, 0.2) is 0 Å². The van der Waals surface area contributed by atoms with Gasteiger partial charge in [0.1, 0.15) is 5.82 Å². The molecule has 2 aromatic rings. The Labute approximate surface area is 104 Å². The first kappa shape index (κ1) is 11.4. The lowest BCUT2D eigenvalue weighted by Crippen LogP contribution is -2.29. The van der Waals surface area contributed by atoms with Crippen LogP contribution in [0.15, 0.2) is 29.1 Å². The molecule has 0 radical (unpaired) electrons.